The Morgan fingerprint density at radius 2 is 2.08 bits per heavy atom. The molecule has 0 radical (unpaired) electrons. The number of anilines is 1. The highest BCUT2D eigenvalue weighted by Gasteiger charge is 2.23. The molecule has 0 unspecified atom stereocenters. The Morgan fingerprint density at radius 3 is 2.84 bits per heavy atom. The number of nitrogens with zero attached hydrogens (tertiary/aromatic N) is 1. The number of halogens is 1. The molecule has 0 fully saturated rings. The summed E-state index contributed by atoms with van der Waals surface area (Å²) in [5.41, 5.74) is 4.45. The summed E-state index contributed by atoms with van der Waals surface area (Å²) in [5.74, 6) is 0.829. The van der Waals surface area contributed by atoms with E-state index < -0.39 is 0 Å². The lowest BCUT2D eigenvalue weighted by Gasteiger charge is -2.32. The summed E-state index contributed by atoms with van der Waals surface area (Å²) in [4.78, 5) is 14.0. The maximum absolute atomic E-state index is 11.8. The molecule has 1 aliphatic rings. The van der Waals surface area contributed by atoms with Crippen LogP contribution in [0.2, 0.25) is 0 Å². The average Bonchev–Trinajstić information content (AvgIpc) is 2.61. The number of fused-ring (bicyclic) bond motifs is 2. The van der Waals surface area contributed by atoms with Crippen molar-refractivity contribution in [2.45, 2.75) is 26.8 Å². The molecule has 25 heavy (non-hydrogen) atoms. The molecule has 1 aliphatic heterocycles. The van der Waals surface area contributed by atoms with Gasteiger partial charge < -0.3 is 14.1 Å². The predicted molar refractivity (Wildman–Crippen MR) is 102 cm³/mol. The van der Waals surface area contributed by atoms with Gasteiger partial charge in [0.1, 0.15) is 11.3 Å². The van der Waals surface area contributed by atoms with Gasteiger partial charge in [-0.25, -0.2) is 4.79 Å². The molecule has 2 heterocycles. The first-order valence-electron chi connectivity index (χ1n) is 8.29. The molecule has 0 spiro atoms. The van der Waals surface area contributed by atoms with Gasteiger partial charge in [0.05, 0.1) is 0 Å². The van der Waals surface area contributed by atoms with Crippen molar-refractivity contribution in [1.29, 1.82) is 0 Å². The molecule has 0 aliphatic carbocycles. The second-order valence-corrected chi connectivity index (χ2v) is 7.18. The van der Waals surface area contributed by atoms with Gasteiger partial charge in [0.25, 0.3) is 0 Å². The molecule has 0 amide bonds. The fraction of sp³-hybridized carbons (Fsp3) is 0.250. The van der Waals surface area contributed by atoms with E-state index in [9.17, 15) is 4.79 Å². The SMILES string of the molecule is CCc1cc(=O)oc2c(C)c3c(cc12)CN(c1cccc(Br)c1)CO3. The molecule has 0 atom stereocenters. The molecular weight excluding hydrogens is 382 g/mol. The Kier molecular flexibility index (Phi) is 4.04. The molecule has 3 aromatic rings. The summed E-state index contributed by atoms with van der Waals surface area (Å²) in [6, 6.07) is 11.9. The topological polar surface area (TPSA) is 42.7 Å². The number of aryl methyl sites for hydroxylation is 2. The van der Waals surface area contributed by atoms with Crippen LogP contribution in [0.3, 0.4) is 0 Å². The van der Waals surface area contributed by atoms with Crippen LogP contribution in [-0.2, 0) is 13.0 Å². The zero-order valence-electron chi connectivity index (χ0n) is 14.1. The molecule has 0 bridgehead atoms. The molecule has 0 saturated carbocycles. The monoisotopic (exact) mass is 399 g/mol. The maximum Gasteiger partial charge on any atom is 0.336 e. The van der Waals surface area contributed by atoms with Crippen LogP contribution in [0.4, 0.5) is 5.69 Å². The van der Waals surface area contributed by atoms with Crippen molar-refractivity contribution in [1.82, 2.24) is 0 Å². The van der Waals surface area contributed by atoms with E-state index in [1.165, 1.54) is 0 Å². The summed E-state index contributed by atoms with van der Waals surface area (Å²) < 4.78 is 12.5. The lowest BCUT2D eigenvalue weighted by molar-refractivity contribution is 0.287. The van der Waals surface area contributed by atoms with Crippen molar-refractivity contribution in [3.63, 3.8) is 0 Å². The zero-order valence-corrected chi connectivity index (χ0v) is 15.7. The van der Waals surface area contributed by atoms with Gasteiger partial charge in [-0.15, -0.1) is 0 Å². The van der Waals surface area contributed by atoms with E-state index in [1.54, 1.807) is 6.07 Å². The van der Waals surface area contributed by atoms with Crippen LogP contribution in [0, 0.1) is 6.92 Å². The van der Waals surface area contributed by atoms with Gasteiger partial charge in [-0.05, 0) is 43.2 Å². The third-order valence-corrected chi connectivity index (χ3v) is 5.15. The first-order valence-corrected chi connectivity index (χ1v) is 9.08. The molecule has 0 saturated heterocycles. The van der Waals surface area contributed by atoms with E-state index in [0.29, 0.717) is 12.3 Å². The van der Waals surface area contributed by atoms with Gasteiger partial charge >= 0.3 is 5.63 Å². The van der Waals surface area contributed by atoms with Gasteiger partial charge in [-0.3, -0.25) is 0 Å². The van der Waals surface area contributed by atoms with E-state index in [-0.39, 0.29) is 5.63 Å². The minimum atomic E-state index is -0.307. The normalized spacial score (nSPS) is 13.6. The van der Waals surface area contributed by atoms with Crippen LogP contribution < -0.4 is 15.3 Å². The van der Waals surface area contributed by atoms with Gasteiger partial charge in [0, 0.05) is 39.3 Å². The number of hydrogen-bond acceptors (Lipinski definition) is 4. The standard InChI is InChI=1S/C20H18BrNO3/c1-3-13-8-18(23)25-20-12(2)19-14(7-17(13)20)10-22(11-24-19)16-6-4-5-15(21)9-16/h4-9H,3,10-11H2,1-2H3. The second kappa shape index (κ2) is 6.23. The lowest BCUT2D eigenvalue weighted by Crippen LogP contribution is -2.32. The van der Waals surface area contributed by atoms with Gasteiger partial charge in [-0.2, -0.15) is 0 Å². The highest BCUT2D eigenvalue weighted by atomic mass is 79.9. The van der Waals surface area contributed by atoms with Crippen LogP contribution in [0.1, 0.15) is 23.6 Å². The van der Waals surface area contributed by atoms with E-state index in [0.717, 1.165) is 51.0 Å². The Labute approximate surface area is 154 Å². The second-order valence-electron chi connectivity index (χ2n) is 6.26. The van der Waals surface area contributed by atoms with E-state index >= 15 is 0 Å². The Hall–Kier alpha value is -2.27. The predicted octanol–water partition coefficient (Wildman–Crippen LogP) is 4.78. The van der Waals surface area contributed by atoms with Crippen LogP contribution in [0.25, 0.3) is 11.0 Å². The largest absolute Gasteiger partial charge is 0.472 e. The third kappa shape index (κ3) is 2.82. The minimum absolute atomic E-state index is 0.307. The Bertz CT molecular complexity index is 1030. The molecule has 4 rings (SSSR count). The van der Waals surface area contributed by atoms with Crippen molar-refractivity contribution in [3.8, 4) is 5.75 Å². The summed E-state index contributed by atoms with van der Waals surface area (Å²) in [6.45, 7) is 5.23. The summed E-state index contributed by atoms with van der Waals surface area (Å²) in [5, 5.41) is 0.998. The highest BCUT2D eigenvalue weighted by molar-refractivity contribution is 9.10. The van der Waals surface area contributed by atoms with E-state index in [1.807, 2.05) is 26.0 Å². The van der Waals surface area contributed by atoms with Crippen molar-refractivity contribution >= 4 is 32.6 Å². The van der Waals surface area contributed by atoms with Crippen molar-refractivity contribution in [3.05, 3.63) is 68.0 Å². The van der Waals surface area contributed by atoms with Crippen LogP contribution in [0.5, 0.6) is 5.75 Å². The van der Waals surface area contributed by atoms with E-state index in [2.05, 4.69) is 39.0 Å². The molecule has 1 aromatic heterocycles. The minimum Gasteiger partial charge on any atom is -0.472 e. The van der Waals surface area contributed by atoms with Crippen molar-refractivity contribution < 1.29 is 9.15 Å². The number of benzene rings is 2. The van der Waals surface area contributed by atoms with Crippen molar-refractivity contribution in [2.24, 2.45) is 0 Å². The molecule has 128 valence electrons. The first kappa shape index (κ1) is 16.2. The summed E-state index contributed by atoms with van der Waals surface area (Å²) in [7, 11) is 0. The maximum atomic E-state index is 11.8. The number of rotatable bonds is 2. The fourth-order valence-electron chi connectivity index (χ4n) is 3.41. The Morgan fingerprint density at radius 1 is 1.24 bits per heavy atom. The third-order valence-electron chi connectivity index (χ3n) is 4.66. The van der Waals surface area contributed by atoms with Gasteiger partial charge in [0.2, 0.25) is 0 Å². The molecule has 0 N–H and O–H groups in total. The van der Waals surface area contributed by atoms with Crippen LogP contribution in [0.15, 0.2) is 50.1 Å². The lowest BCUT2D eigenvalue weighted by atomic mass is 9.99. The smallest absolute Gasteiger partial charge is 0.336 e. The first-order chi connectivity index (χ1) is 12.1. The molecule has 5 heteroatoms. The molecule has 2 aromatic carbocycles. The van der Waals surface area contributed by atoms with E-state index in [4.69, 9.17) is 9.15 Å². The fourth-order valence-corrected chi connectivity index (χ4v) is 3.80. The molecule has 4 nitrogen and oxygen atoms in total. The summed E-state index contributed by atoms with van der Waals surface area (Å²) >= 11 is 3.52. The van der Waals surface area contributed by atoms with Crippen LogP contribution in [-0.4, -0.2) is 6.73 Å². The van der Waals surface area contributed by atoms with Gasteiger partial charge in [0.15, 0.2) is 6.73 Å². The highest BCUT2D eigenvalue weighted by Crippen LogP contribution is 2.37. The molecular formula is C20H18BrNO3. The van der Waals surface area contributed by atoms with Crippen LogP contribution >= 0.6 is 15.9 Å². The number of hydrogen-bond donors (Lipinski definition) is 0. The average molecular weight is 400 g/mol. The number of ether oxygens (including phenoxy) is 1. The quantitative estimate of drug-likeness (QED) is 0.581. The Balaban J connectivity index is 1.84. The van der Waals surface area contributed by atoms with Crippen molar-refractivity contribution in [2.75, 3.05) is 11.6 Å². The van der Waals surface area contributed by atoms with Gasteiger partial charge in [-0.1, -0.05) is 28.9 Å². The summed E-state index contributed by atoms with van der Waals surface area (Å²) in [6.07, 6.45) is 0.788. The zero-order chi connectivity index (χ0) is 17.6.